The third-order valence-electron chi connectivity index (χ3n) is 5.93. The van der Waals surface area contributed by atoms with E-state index in [0.29, 0.717) is 12.7 Å². The van der Waals surface area contributed by atoms with Gasteiger partial charge in [0.15, 0.2) is 0 Å². The van der Waals surface area contributed by atoms with Crippen LogP contribution in [0.1, 0.15) is 104 Å². The van der Waals surface area contributed by atoms with Crippen LogP contribution in [0, 0.1) is 5.41 Å². The van der Waals surface area contributed by atoms with Crippen molar-refractivity contribution in [2.45, 2.75) is 122 Å². The second-order valence-corrected chi connectivity index (χ2v) is 8.69. The molecular weight excluding hydrogens is 342 g/mol. The molecule has 0 heterocycles. The van der Waals surface area contributed by atoms with Gasteiger partial charge in [-0.2, -0.15) is 0 Å². The number of nitrogens with two attached hydrogens (primary N) is 1. The second-order valence-electron chi connectivity index (χ2n) is 8.69. The number of unbranched alkanes of at least 4 members (excludes halogenated alkanes) is 11. The minimum Gasteiger partial charge on any atom is -0.395 e. The molecular formula is C22H45NO4. The second kappa shape index (κ2) is 14.5. The largest absolute Gasteiger partial charge is 0.395 e. The van der Waals surface area contributed by atoms with E-state index in [9.17, 15) is 20.1 Å². The molecule has 0 saturated heterocycles. The van der Waals surface area contributed by atoms with Gasteiger partial charge >= 0.3 is 0 Å². The van der Waals surface area contributed by atoms with Gasteiger partial charge in [0, 0.05) is 0 Å². The number of carbonyl (C=O) groups is 1. The average molecular weight is 388 g/mol. The number of hydrogen-bond donors (Lipinski definition) is 4. The molecule has 5 nitrogen and oxygen atoms in total. The fourth-order valence-corrected chi connectivity index (χ4v) is 3.64. The first kappa shape index (κ1) is 26.5. The molecule has 0 aliphatic heterocycles. The molecule has 0 radical (unpaired) electrons. The number of aliphatic hydroxyl groups is 3. The van der Waals surface area contributed by atoms with Crippen molar-refractivity contribution >= 4 is 6.29 Å². The quantitative estimate of drug-likeness (QED) is 0.212. The molecule has 0 unspecified atom stereocenters. The number of rotatable bonds is 18. The fourth-order valence-electron chi connectivity index (χ4n) is 3.64. The Morgan fingerprint density at radius 2 is 1.30 bits per heavy atom. The van der Waals surface area contributed by atoms with E-state index in [-0.39, 0.29) is 0 Å². The van der Waals surface area contributed by atoms with E-state index in [1.165, 1.54) is 57.8 Å². The van der Waals surface area contributed by atoms with E-state index in [2.05, 4.69) is 6.92 Å². The molecule has 27 heavy (non-hydrogen) atoms. The van der Waals surface area contributed by atoms with Crippen molar-refractivity contribution in [1.29, 1.82) is 0 Å². The zero-order valence-electron chi connectivity index (χ0n) is 18.0. The van der Waals surface area contributed by atoms with Crippen molar-refractivity contribution in [3.8, 4) is 0 Å². The van der Waals surface area contributed by atoms with Crippen LogP contribution in [0.5, 0.6) is 0 Å². The third-order valence-corrected chi connectivity index (χ3v) is 5.93. The first-order chi connectivity index (χ1) is 12.8. The van der Waals surface area contributed by atoms with Gasteiger partial charge in [-0.3, -0.25) is 0 Å². The number of hydrogen-bond acceptors (Lipinski definition) is 5. The first-order valence-corrected chi connectivity index (χ1v) is 11.0. The Labute approximate surface area is 166 Å². The summed E-state index contributed by atoms with van der Waals surface area (Å²) >= 11 is 0. The molecule has 162 valence electrons. The minimum absolute atomic E-state index is 0.297. The average Bonchev–Trinajstić information content (AvgIpc) is 2.67. The van der Waals surface area contributed by atoms with Crippen LogP contribution in [0.3, 0.4) is 0 Å². The molecule has 3 atom stereocenters. The molecule has 5 N–H and O–H groups in total. The van der Waals surface area contributed by atoms with Gasteiger partial charge in [0.2, 0.25) is 0 Å². The van der Waals surface area contributed by atoms with Crippen LogP contribution in [0.2, 0.25) is 0 Å². The summed E-state index contributed by atoms with van der Waals surface area (Å²) in [5, 5.41) is 30.6. The van der Waals surface area contributed by atoms with E-state index in [0.717, 1.165) is 19.3 Å². The van der Waals surface area contributed by atoms with Crippen molar-refractivity contribution in [2.75, 3.05) is 6.61 Å². The molecule has 0 aliphatic carbocycles. The highest BCUT2D eigenvalue weighted by Crippen LogP contribution is 2.37. The van der Waals surface area contributed by atoms with Gasteiger partial charge in [-0.25, -0.2) is 0 Å². The monoisotopic (exact) mass is 387 g/mol. The lowest BCUT2D eigenvalue weighted by Crippen LogP contribution is -2.61. The predicted molar refractivity (Wildman–Crippen MR) is 112 cm³/mol. The fraction of sp³-hybridized carbons (Fsp3) is 0.955. The van der Waals surface area contributed by atoms with Crippen molar-refractivity contribution in [3.05, 3.63) is 0 Å². The van der Waals surface area contributed by atoms with E-state index in [4.69, 9.17) is 5.73 Å². The molecule has 0 amide bonds. The summed E-state index contributed by atoms with van der Waals surface area (Å²) in [7, 11) is 0. The topological polar surface area (TPSA) is 104 Å². The van der Waals surface area contributed by atoms with E-state index in [1.807, 2.05) is 0 Å². The molecule has 0 aliphatic rings. The molecule has 0 bridgehead atoms. The van der Waals surface area contributed by atoms with Gasteiger partial charge in [0.25, 0.3) is 0 Å². The molecule has 0 rings (SSSR count). The zero-order valence-corrected chi connectivity index (χ0v) is 18.0. The van der Waals surface area contributed by atoms with Gasteiger partial charge in [-0.1, -0.05) is 97.8 Å². The zero-order chi connectivity index (χ0) is 20.8. The standard InChI is InChI=1S/C22H45NO4/c1-4-5-6-7-8-9-10-11-12-13-14-15-16-22(27,21(2,3)18-25)20(26)19(23)17-24/h18-20,24,26-27H,4-17,23H2,1-3H3/t19-,20-,22+/m0/s1. The summed E-state index contributed by atoms with van der Waals surface area (Å²) in [4.78, 5) is 11.4. The summed E-state index contributed by atoms with van der Waals surface area (Å²) in [6.45, 7) is 5.01. The highest BCUT2D eigenvalue weighted by atomic mass is 16.3. The van der Waals surface area contributed by atoms with E-state index >= 15 is 0 Å². The van der Waals surface area contributed by atoms with E-state index < -0.39 is 29.8 Å². The summed E-state index contributed by atoms with van der Waals surface area (Å²) in [6, 6.07) is -0.966. The Bertz CT molecular complexity index is 375. The Balaban J connectivity index is 4.10. The van der Waals surface area contributed by atoms with Crippen LogP contribution >= 0.6 is 0 Å². The van der Waals surface area contributed by atoms with Crippen LogP contribution in [0.15, 0.2) is 0 Å². The Morgan fingerprint density at radius 3 is 1.67 bits per heavy atom. The van der Waals surface area contributed by atoms with Crippen molar-refractivity contribution in [2.24, 2.45) is 11.1 Å². The first-order valence-electron chi connectivity index (χ1n) is 11.0. The molecule has 0 aromatic rings. The highest BCUT2D eigenvalue weighted by Gasteiger charge is 2.50. The van der Waals surface area contributed by atoms with Crippen LogP contribution in [-0.2, 0) is 4.79 Å². The summed E-state index contributed by atoms with van der Waals surface area (Å²) in [5.41, 5.74) is 2.96. The van der Waals surface area contributed by atoms with Crippen molar-refractivity contribution in [1.82, 2.24) is 0 Å². The van der Waals surface area contributed by atoms with Gasteiger partial charge < -0.3 is 25.8 Å². The van der Waals surface area contributed by atoms with Gasteiger partial charge in [0.1, 0.15) is 18.0 Å². The van der Waals surface area contributed by atoms with Crippen molar-refractivity contribution in [3.63, 3.8) is 0 Å². The number of aliphatic hydroxyl groups excluding tert-OH is 2. The van der Waals surface area contributed by atoms with Crippen LogP contribution in [0.4, 0.5) is 0 Å². The number of aldehydes is 1. The summed E-state index contributed by atoms with van der Waals surface area (Å²) in [5.74, 6) is 0. The minimum atomic E-state index is -1.63. The van der Waals surface area contributed by atoms with Gasteiger partial charge in [-0.15, -0.1) is 0 Å². The van der Waals surface area contributed by atoms with Crippen LogP contribution in [0.25, 0.3) is 0 Å². The van der Waals surface area contributed by atoms with Gasteiger partial charge in [0.05, 0.1) is 18.1 Å². The Hall–Kier alpha value is -0.490. The third kappa shape index (κ3) is 9.51. The molecule has 0 spiro atoms. The lowest BCUT2D eigenvalue weighted by atomic mass is 9.68. The molecule has 0 aromatic heterocycles. The normalized spacial score (nSPS) is 16.7. The summed E-state index contributed by atoms with van der Waals surface area (Å²) < 4.78 is 0. The van der Waals surface area contributed by atoms with Gasteiger partial charge in [-0.05, 0) is 6.42 Å². The van der Waals surface area contributed by atoms with Crippen LogP contribution in [-0.4, -0.2) is 46.0 Å². The lowest BCUT2D eigenvalue weighted by Gasteiger charge is -2.44. The Morgan fingerprint density at radius 1 is 0.889 bits per heavy atom. The highest BCUT2D eigenvalue weighted by molar-refractivity contribution is 5.60. The van der Waals surface area contributed by atoms with E-state index in [1.54, 1.807) is 13.8 Å². The predicted octanol–water partition coefficient (Wildman–Crippen LogP) is 3.71. The molecule has 0 aromatic carbocycles. The smallest absolute Gasteiger partial charge is 0.128 e. The van der Waals surface area contributed by atoms with Crippen molar-refractivity contribution < 1.29 is 20.1 Å². The Kier molecular flexibility index (Phi) is 14.2. The lowest BCUT2D eigenvalue weighted by molar-refractivity contribution is -0.167. The molecule has 5 heteroatoms. The SMILES string of the molecule is CCCCCCCCCCCCCC[C@@](O)([C@@H](O)[C@@H](N)CO)C(C)(C)C=O. The molecule has 0 saturated carbocycles. The number of carbonyl (C=O) groups excluding carboxylic acids is 1. The van der Waals surface area contributed by atoms with Crippen LogP contribution < -0.4 is 5.73 Å². The maximum atomic E-state index is 11.4. The summed E-state index contributed by atoms with van der Waals surface area (Å²) in [6.07, 6.45) is 14.1. The maximum absolute atomic E-state index is 11.4. The molecule has 0 fully saturated rings. The maximum Gasteiger partial charge on any atom is 0.128 e.